The molecule has 110 valence electrons. The Morgan fingerprint density at radius 3 is 2.21 bits per heavy atom. The largest absolute Gasteiger partial charge is 0.326 e. The molecule has 19 heavy (non-hydrogen) atoms. The smallest absolute Gasteiger partial charge is 0.0947 e. The van der Waals surface area contributed by atoms with Gasteiger partial charge in [-0.1, -0.05) is 20.8 Å². The molecule has 2 N–H and O–H groups in total. The van der Waals surface area contributed by atoms with E-state index < -0.39 is 0 Å². The van der Waals surface area contributed by atoms with Gasteiger partial charge >= 0.3 is 0 Å². The molecule has 3 nitrogen and oxygen atoms in total. The molecule has 0 aliphatic carbocycles. The lowest BCUT2D eigenvalue weighted by Gasteiger charge is -2.44. The van der Waals surface area contributed by atoms with Gasteiger partial charge in [0.25, 0.3) is 0 Å². The predicted molar refractivity (Wildman–Crippen MR) is 84.9 cm³/mol. The monoisotopic (exact) mass is 283 g/mol. The van der Waals surface area contributed by atoms with Gasteiger partial charge in [0.2, 0.25) is 0 Å². The highest BCUT2D eigenvalue weighted by Crippen LogP contribution is 2.26. The first-order valence-electron chi connectivity index (χ1n) is 7.32. The molecule has 1 aromatic heterocycles. The molecule has 0 bridgehead atoms. The number of hydrogen-bond donors (Lipinski definition) is 1. The molecule has 0 saturated heterocycles. The molecule has 4 heteroatoms. The third-order valence-corrected chi connectivity index (χ3v) is 5.56. The van der Waals surface area contributed by atoms with Gasteiger partial charge in [-0.25, -0.2) is 4.98 Å². The van der Waals surface area contributed by atoms with Crippen LogP contribution in [-0.4, -0.2) is 34.6 Å². The van der Waals surface area contributed by atoms with Gasteiger partial charge in [-0.05, 0) is 40.3 Å². The maximum absolute atomic E-state index is 6.53. The zero-order valence-electron chi connectivity index (χ0n) is 13.3. The zero-order valence-corrected chi connectivity index (χ0v) is 14.1. The first kappa shape index (κ1) is 16.6. The van der Waals surface area contributed by atoms with Gasteiger partial charge in [-0.3, -0.25) is 4.90 Å². The Hall–Kier alpha value is -0.450. The lowest BCUT2D eigenvalue weighted by Crippen LogP contribution is -2.58. The predicted octanol–water partition coefficient (Wildman–Crippen LogP) is 3.14. The number of rotatable bonds is 7. The van der Waals surface area contributed by atoms with Crippen molar-refractivity contribution >= 4 is 11.3 Å². The maximum Gasteiger partial charge on any atom is 0.0947 e. The van der Waals surface area contributed by atoms with Crippen LogP contribution in [0.2, 0.25) is 0 Å². The molecule has 0 aliphatic rings. The van der Waals surface area contributed by atoms with Crippen LogP contribution < -0.4 is 5.73 Å². The third-order valence-electron chi connectivity index (χ3n) is 4.47. The molecule has 0 saturated carbocycles. The quantitative estimate of drug-likeness (QED) is 0.836. The fourth-order valence-corrected chi connectivity index (χ4v) is 3.69. The van der Waals surface area contributed by atoms with Crippen molar-refractivity contribution < 1.29 is 0 Å². The first-order valence-corrected chi connectivity index (χ1v) is 8.14. The number of nitrogens with zero attached hydrogens (tertiary/aromatic N) is 2. The van der Waals surface area contributed by atoms with Crippen molar-refractivity contribution in [2.75, 3.05) is 13.1 Å². The summed E-state index contributed by atoms with van der Waals surface area (Å²) >= 11 is 1.79. The molecule has 0 spiro atoms. The highest BCUT2D eigenvalue weighted by molar-refractivity contribution is 7.11. The Balaban J connectivity index is 2.86. The van der Waals surface area contributed by atoms with E-state index in [1.54, 1.807) is 11.3 Å². The molecular formula is C15H29N3S. The standard InChI is InChI=1S/C15H29N3S/c1-7-15(6,18(8-2)9-3)13(16)10-14-17-11(4)12(5)19-14/h13H,7-10,16H2,1-6H3. The van der Waals surface area contributed by atoms with Gasteiger partial charge in [-0.2, -0.15) is 0 Å². The van der Waals surface area contributed by atoms with E-state index in [9.17, 15) is 0 Å². The molecule has 0 fully saturated rings. The maximum atomic E-state index is 6.53. The average molecular weight is 283 g/mol. The SMILES string of the molecule is CCN(CC)C(C)(CC)C(N)Cc1nc(C)c(C)s1. The Morgan fingerprint density at radius 1 is 1.26 bits per heavy atom. The van der Waals surface area contributed by atoms with E-state index in [1.165, 1.54) is 9.88 Å². The van der Waals surface area contributed by atoms with Crippen LogP contribution in [0, 0.1) is 13.8 Å². The molecule has 0 aliphatic heterocycles. The van der Waals surface area contributed by atoms with Crippen LogP contribution in [0.15, 0.2) is 0 Å². The second-order valence-electron chi connectivity index (χ2n) is 5.44. The van der Waals surface area contributed by atoms with Gasteiger partial charge in [0.1, 0.15) is 0 Å². The van der Waals surface area contributed by atoms with E-state index in [4.69, 9.17) is 5.73 Å². The van der Waals surface area contributed by atoms with Crippen molar-refractivity contribution in [3.05, 3.63) is 15.6 Å². The molecular weight excluding hydrogens is 254 g/mol. The van der Waals surface area contributed by atoms with Crippen LogP contribution in [0.5, 0.6) is 0 Å². The van der Waals surface area contributed by atoms with Gasteiger partial charge in [0, 0.05) is 22.9 Å². The minimum absolute atomic E-state index is 0.0526. The summed E-state index contributed by atoms with van der Waals surface area (Å²) in [5.74, 6) is 0. The van der Waals surface area contributed by atoms with Gasteiger partial charge in [-0.15, -0.1) is 11.3 Å². The van der Waals surface area contributed by atoms with Crippen LogP contribution in [-0.2, 0) is 6.42 Å². The van der Waals surface area contributed by atoms with Gasteiger partial charge in [0.15, 0.2) is 0 Å². The van der Waals surface area contributed by atoms with E-state index >= 15 is 0 Å². The number of hydrogen-bond acceptors (Lipinski definition) is 4. The Bertz CT molecular complexity index is 379. The summed E-state index contributed by atoms with van der Waals surface area (Å²) in [6.45, 7) is 15.2. The topological polar surface area (TPSA) is 42.1 Å². The number of likely N-dealkylation sites (N-methyl/N-ethyl adjacent to an activating group) is 1. The summed E-state index contributed by atoms with van der Waals surface area (Å²) in [5, 5.41) is 1.18. The molecule has 1 aromatic rings. The van der Waals surface area contributed by atoms with Crippen LogP contribution in [0.1, 0.15) is 49.7 Å². The first-order chi connectivity index (χ1) is 8.88. The molecule has 2 unspecified atom stereocenters. The summed E-state index contributed by atoms with van der Waals surface area (Å²) in [4.78, 5) is 8.41. The lowest BCUT2D eigenvalue weighted by atomic mass is 9.86. The lowest BCUT2D eigenvalue weighted by molar-refractivity contribution is 0.0845. The number of aromatic nitrogens is 1. The Kier molecular flexibility index (Phi) is 5.96. The van der Waals surface area contributed by atoms with E-state index in [-0.39, 0.29) is 11.6 Å². The number of aryl methyl sites for hydroxylation is 2. The zero-order chi connectivity index (χ0) is 14.6. The van der Waals surface area contributed by atoms with Crippen LogP contribution in [0.4, 0.5) is 0 Å². The van der Waals surface area contributed by atoms with E-state index in [1.807, 2.05) is 0 Å². The van der Waals surface area contributed by atoms with Crippen LogP contribution >= 0.6 is 11.3 Å². The van der Waals surface area contributed by atoms with E-state index in [2.05, 4.69) is 51.4 Å². The average Bonchev–Trinajstić information content (AvgIpc) is 2.69. The second-order valence-corrected chi connectivity index (χ2v) is 6.73. The van der Waals surface area contributed by atoms with Gasteiger partial charge in [0.05, 0.1) is 10.7 Å². The fourth-order valence-electron chi connectivity index (χ4n) is 2.70. The fraction of sp³-hybridized carbons (Fsp3) is 0.800. The normalized spacial score (nSPS) is 16.6. The third kappa shape index (κ3) is 3.56. The minimum atomic E-state index is 0.0526. The summed E-state index contributed by atoms with van der Waals surface area (Å²) in [5.41, 5.74) is 7.73. The van der Waals surface area contributed by atoms with E-state index in [0.29, 0.717) is 0 Å². The molecule has 0 aromatic carbocycles. The highest BCUT2D eigenvalue weighted by atomic mass is 32.1. The summed E-state index contributed by atoms with van der Waals surface area (Å²) in [6, 6.07) is 0.127. The number of thiazole rings is 1. The molecule has 1 heterocycles. The van der Waals surface area contributed by atoms with Crippen molar-refractivity contribution in [3.8, 4) is 0 Å². The summed E-state index contributed by atoms with van der Waals surface area (Å²) in [6.07, 6.45) is 1.94. The van der Waals surface area contributed by atoms with Crippen molar-refractivity contribution in [1.82, 2.24) is 9.88 Å². The summed E-state index contributed by atoms with van der Waals surface area (Å²) in [7, 11) is 0. The van der Waals surface area contributed by atoms with Crippen LogP contribution in [0.25, 0.3) is 0 Å². The minimum Gasteiger partial charge on any atom is -0.326 e. The Morgan fingerprint density at radius 2 is 1.84 bits per heavy atom. The molecule has 1 rings (SSSR count). The number of nitrogens with two attached hydrogens (primary N) is 1. The van der Waals surface area contributed by atoms with Crippen molar-refractivity contribution in [3.63, 3.8) is 0 Å². The van der Waals surface area contributed by atoms with Crippen molar-refractivity contribution in [2.24, 2.45) is 5.73 Å². The van der Waals surface area contributed by atoms with E-state index in [0.717, 1.165) is 31.6 Å². The highest BCUT2D eigenvalue weighted by Gasteiger charge is 2.35. The summed E-state index contributed by atoms with van der Waals surface area (Å²) < 4.78 is 0. The molecule has 0 amide bonds. The molecule has 0 radical (unpaired) electrons. The van der Waals surface area contributed by atoms with Crippen LogP contribution in [0.3, 0.4) is 0 Å². The Labute approximate surface area is 122 Å². The van der Waals surface area contributed by atoms with Crippen molar-refractivity contribution in [2.45, 2.75) is 66.0 Å². The van der Waals surface area contributed by atoms with Crippen molar-refractivity contribution in [1.29, 1.82) is 0 Å². The molecule has 2 atom stereocenters. The second kappa shape index (κ2) is 6.82. The van der Waals surface area contributed by atoms with Gasteiger partial charge < -0.3 is 5.73 Å².